The zero-order valence-electron chi connectivity index (χ0n) is 11.0. The smallest absolute Gasteiger partial charge is 0.231 e. The molecule has 0 aliphatic carbocycles. The van der Waals surface area contributed by atoms with Crippen LogP contribution in [-0.4, -0.2) is 18.9 Å². The normalized spacial score (nSPS) is 14.0. The molecule has 0 radical (unpaired) electrons. The molecule has 1 N–H and O–H groups in total. The van der Waals surface area contributed by atoms with Crippen molar-refractivity contribution >= 4 is 17.5 Å². The number of hydrogen-bond acceptors (Lipinski definition) is 2. The largest absolute Gasteiger partial charge is 0.352 e. The first-order valence-corrected chi connectivity index (χ1v) is 6.15. The van der Waals surface area contributed by atoms with Gasteiger partial charge in [-0.15, -0.1) is 0 Å². The van der Waals surface area contributed by atoms with Gasteiger partial charge in [-0.2, -0.15) is 0 Å². The first kappa shape index (κ1) is 12.6. The third kappa shape index (κ3) is 2.37. The van der Waals surface area contributed by atoms with E-state index >= 15 is 0 Å². The number of fused-ring (bicyclic) bond motifs is 1. The predicted molar refractivity (Wildman–Crippen MR) is 70.2 cm³/mol. The second-order valence-electron chi connectivity index (χ2n) is 4.97. The number of carbonyl (C=O) groups excluding carboxylic acids is 2. The van der Waals surface area contributed by atoms with Crippen molar-refractivity contribution in [2.24, 2.45) is 5.92 Å². The van der Waals surface area contributed by atoms with Gasteiger partial charge in [-0.1, -0.05) is 26.0 Å². The number of rotatable bonds is 3. The minimum Gasteiger partial charge on any atom is -0.352 e. The average molecular weight is 246 g/mol. The number of anilines is 1. The first-order chi connectivity index (χ1) is 8.49. The zero-order valence-corrected chi connectivity index (χ0v) is 11.0. The monoisotopic (exact) mass is 246 g/mol. The molecule has 1 aromatic carbocycles. The van der Waals surface area contributed by atoms with Crippen LogP contribution in [0.3, 0.4) is 0 Å². The van der Waals surface area contributed by atoms with Crippen molar-refractivity contribution in [3.05, 3.63) is 29.3 Å². The molecule has 18 heavy (non-hydrogen) atoms. The quantitative estimate of drug-likeness (QED) is 0.878. The van der Waals surface area contributed by atoms with E-state index in [9.17, 15) is 9.59 Å². The van der Waals surface area contributed by atoms with Gasteiger partial charge in [-0.3, -0.25) is 9.59 Å². The van der Waals surface area contributed by atoms with Gasteiger partial charge in [0.2, 0.25) is 11.8 Å². The van der Waals surface area contributed by atoms with E-state index in [2.05, 4.69) is 5.32 Å². The summed E-state index contributed by atoms with van der Waals surface area (Å²) in [6.45, 7) is 4.25. The molecule has 2 rings (SSSR count). The number of nitrogens with one attached hydrogen (secondary N) is 1. The van der Waals surface area contributed by atoms with Gasteiger partial charge in [0.15, 0.2) is 0 Å². The molecule has 96 valence electrons. The van der Waals surface area contributed by atoms with E-state index in [-0.39, 0.29) is 17.7 Å². The summed E-state index contributed by atoms with van der Waals surface area (Å²) in [5.74, 6) is 0.157. The maximum absolute atomic E-state index is 11.6. The Labute approximate surface area is 107 Å². The summed E-state index contributed by atoms with van der Waals surface area (Å²) in [7, 11) is 1.79. The fourth-order valence-electron chi connectivity index (χ4n) is 2.03. The highest BCUT2D eigenvalue weighted by Gasteiger charge is 2.23. The van der Waals surface area contributed by atoms with Crippen LogP contribution >= 0.6 is 0 Å². The van der Waals surface area contributed by atoms with Crippen molar-refractivity contribution in [2.45, 2.75) is 26.8 Å². The second kappa shape index (κ2) is 4.80. The molecule has 2 amide bonds. The van der Waals surface area contributed by atoms with E-state index in [0.717, 1.165) is 16.8 Å². The van der Waals surface area contributed by atoms with Crippen molar-refractivity contribution in [2.75, 3.05) is 11.9 Å². The number of benzene rings is 1. The Balaban J connectivity index is 2.07. The average Bonchev–Trinajstić information content (AvgIpc) is 2.61. The van der Waals surface area contributed by atoms with E-state index in [1.165, 1.54) is 0 Å². The molecule has 1 aliphatic heterocycles. The predicted octanol–water partition coefficient (Wildman–Crippen LogP) is 1.48. The summed E-state index contributed by atoms with van der Waals surface area (Å²) in [4.78, 5) is 24.7. The van der Waals surface area contributed by atoms with Crippen LogP contribution < -0.4 is 10.2 Å². The highest BCUT2D eigenvalue weighted by atomic mass is 16.2. The Kier molecular flexibility index (Phi) is 3.36. The maximum atomic E-state index is 11.6. The van der Waals surface area contributed by atoms with Gasteiger partial charge in [0.1, 0.15) is 0 Å². The number of likely N-dealkylation sites (N-methyl/N-ethyl adjacent to an activating group) is 1. The summed E-state index contributed by atoms with van der Waals surface area (Å²) in [5.41, 5.74) is 3.04. The highest BCUT2D eigenvalue weighted by molar-refractivity contribution is 6.00. The number of hydrogen-bond donors (Lipinski definition) is 1. The molecular formula is C14H18N2O2. The van der Waals surface area contributed by atoms with Crippen LogP contribution in [0.2, 0.25) is 0 Å². The SMILES string of the molecule is CC(C)C(=O)NCc1ccc2c(c1)CC(=O)N2C. The molecule has 0 spiro atoms. The number of amides is 2. The fourth-order valence-corrected chi connectivity index (χ4v) is 2.03. The van der Waals surface area contributed by atoms with E-state index in [0.29, 0.717) is 13.0 Å². The second-order valence-corrected chi connectivity index (χ2v) is 4.97. The Bertz CT molecular complexity index is 495. The van der Waals surface area contributed by atoms with Crippen LogP contribution in [0.15, 0.2) is 18.2 Å². The Morgan fingerprint density at radius 1 is 1.44 bits per heavy atom. The minimum absolute atomic E-state index is 0.00728. The van der Waals surface area contributed by atoms with Gasteiger partial charge in [-0.05, 0) is 17.2 Å². The molecule has 0 atom stereocenters. The molecule has 0 saturated carbocycles. The zero-order chi connectivity index (χ0) is 13.3. The highest BCUT2D eigenvalue weighted by Crippen LogP contribution is 2.28. The topological polar surface area (TPSA) is 49.4 Å². The van der Waals surface area contributed by atoms with Crippen LogP contribution in [0, 0.1) is 5.92 Å². The third-order valence-electron chi connectivity index (χ3n) is 3.21. The van der Waals surface area contributed by atoms with Gasteiger partial charge < -0.3 is 10.2 Å². The van der Waals surface area contributed by atoms with Gasteiger partial charge in [-0.25, -0.2) is 0 Å². The van der Waals surface area contributed by atoms with Crippen molar-refractivity contribution in [3.63, 3.8) is 0 Å². The van der Waals surface area contributed by atoms with E-state index in [4.69, 9.17) is 0 Å². The Morgan fingerprint density at radius 3 is 2.83 bits per heavy atom. The van der Waals surface area contributed by atoms with Gasteiger partial charge in [0.05, 0.1) is 6.42 Å². The summed E-state index contributed by atoms with van der Waals surface area (Å²) in [5, 5.41) is 2.87. The van der Waals surface area contributed by atoms with Crippen molar-refractivity contribution in [3.8, 4) is 0 Å². The van der Waals surface area contributed by atoms with Gasteiger partial charge in [0.25, 0.3) is 0 Å². The standard InChI is InChI=1S/C14H18N2O2/c1-9(2)14(18)15-8-10-4-5-12-11(6-10)7-13(17)16(12)3/h4-6,9H,7-8H2,1-3H3,(H,15,18). The van der Waals surface area contributed by atoms with Crippen LogP contribution in [0.5, 0.6) is 0 Å². The lowest BCUT2D eigenvalue weighted by Crippen LogP contribution is -2.27. The maximum Gasteiger partial charge on any atom is 0.231 e. The lowest BCUT2D eigenvalue weighted by Gasteiger charge is -2.11. The molecule has 1 aromatic rings. The molecule has 0 aromatic heterocycles. The molecule has 0 fully saturated rings. The van der Waals surface area contributed by atoms with Crippen LogP contribution in [0.4, 0.5) is 5.69 Å². The van der Waals surface area contributed by atoms with Crippen molar-refractivity contribution < 1.29 is 9.59 Å². The summed E-state index contributed by atoms with van der Waals surface area (Å²) in [6.07, 6.45) is 0.456. The van der Waals surface area contributed by atoms with Crippen LogP contribution in [0.25, 0.3) is 0 Å². The Morgan fingerprint density at radius 2 is 2.17 bits per heavy atom. The molecule has 1 heterocycles. The molecular weight excluding hydrogens is 228 g/mol. The van der Waals surface area contributed by atoms with E-state index in [1.54, 1.807) is 11.9 Å². The third-order valence-corrected chi connectivity index (χ3v) is 3.21. The van der Waals surface area contributed by atoms with E-state index < -0.39 is 0 Å². The van der Waals surface area contributed by atoms with Crippen LogP contribution in [-0.2, 0) is 22.6 Å². The molecule has 0 unspecified atom stereocenters. The summed E-state index contributed by atoms with van der Waals surface area (Å²) < 4.78 is 0. The summed E-state index contributed by atoms with van der Waals surface area (Å²) >= 11 is 0. The number of nitrogens with zero attached hydrogens (tertiary/aromatic N) is 1. The lowest BCUT2D eigenvalue weighted by atomic mass is 10.1. The molecule has 4 nitrogen and oxygen atoms in total. The van der Waals surface area contributed by atoms with Crippen molar-refractivity contribution in [1.82, 2.24) is 5.32 Å². The van der Waals surface area contributed by atoms with E-state index in [1.807, 2.05) is 32.0 Å². The van der Waals surface area contributed by atoms with Crippen LogP contribution in [0.1, 0.15) is 25.0 Å². The Hall–Kier alpha value is -1.84. The minimum atomic E-state index is -0.00728. The molecule has 1 aliphatic rings. The summed E-state index contributed by atoms with van der Waals surface area (Å²) in [6, 6.07) is 5.89. The lowest BCUT2D eigenvalue weighted by molar-refractivity contribution is -0.124. The van der Waals surface area contributed by atoms with Crippen molar-refractivity contribution in [1.29, 1.82) is 0 Å². The van der Waals surface area contributed by atoms with Gasteiger partial charge in [0, 0.05) is 25.2 Å². The number of carbonyl (C=O) groups is 2. The molecule has 0 bridgehead atoms. The molecule has 4 heteroatoms. The van der Waals surface area contributed by atoms with Gasteiger partial charge >= 0.3 is 0 Å². The fraction of sp³-hybridized carbons (Fsp3) is 0.429. The molecule has 0 saturated heterocycles. The first-order valence-electron chi connectivity index (χ1n) is 6.15.